The summed E-state index contributed by atoms with van der Waals surface area (Å²) in [5.41, 5.74) is 3.05. The first-order valence-electron chi connectivity index (χ1n) is 7.51. The summed E-state index contributed by atoms with van der Waals surface area (Å²) >= 11 is 1.15. The highest BCUT2D eigenvalue weighted by Crippen LogP contribution is 2.24. The van der Waals surface area contributed by atoms with E-state index < -0.39 is 39.4 Å². The molecule has 4 amide bonds. The molecule has 0 aliphatic carbocycles. The summed E-state index contributed by atoms with van der Waals surface area (Å²) in [5.74, 6) is -2.16. The maximum atomic E-state index is 12.5. The van der Waals surface area contributed by atoms with Crippen LogP contribution in [0.4, 0.5) is 9.93 Å². The van der Waals surface area contributed by atoms with Crippen molar-refractivity contribution in [3.8, 4) is 0 Å². The summed E-state index contributed by atoms with van der Waals surface area (Å²) in [6, 6.07) is -2.04. The first-order chi connectivity index (χ1) is 12.0. The van der Waals surface area contributed by atoms with Gasteiger partial charge < -0.3 is 21.1 Å². The number of aliphatic hydroxyl groups is 1. The maximum Gasteiger partial charge on any atom is 0.323 e. The van der Waals surface area contributed by atoms with E-state index in [1.807, 2.05) is 0 Å². The van der Waals surface area contributed by atoms with Crippen molar-refractivity contribution in [2.75, 3.05) is 23.9 Å². The van der Waals surface area contributed by atoms with E-state index in [-0.39, 0.29) is 30.3 Å². The molecule has 1 aromatic heterocycles. The number of carbonyl (C=O) groups excluding carboxylic acids is 3. The van der Waals surface area contributed by atoms with Crippen molar-refractivity contribution < 1.29 is 27.9 Å². The van der Waals surface area contributed by atoms with Crippen molar-refractivity contribution >= 4 is 44.2 Å². The van der Waals surface area contributed by atoms with Crippen LogP contribution in [0, 0.1) is 0 Å². The minimum atomic E-state index is -3.37. The predicted molar refractivity (Wildman–Crippen MR) is 92.9 cm³/mol. The molecule has 13 heteroatoms. The quantitative estimate of drug-likeness (QED) is 0.399. The van der Waals surface area contributed by atoms with Crippen LogP contribution in [0.2, 0.25) is 0 Å². The van der Waals surface area contributed by atoms with Crippen molar-refractivity contribution in [1.29, 1.82) is 0 Å². The Kier molecular flexibility index (Phi) is 5.83. The molecular weight excluding hydrogens is 386 g/mol. The van der Waals surface area contributed by atoms with Gasteiger partial charge in [-0.05, 0) is 6.42 Å². The van der Waals surface area contributed by atoms with Gasteiger partial charge in [0, 0.05) is 30.8 Å². The van der Waals surface area contributed by atoms with Crippen LogP contribution in [0.1, 0.15) is 12.8 Å². The molecule has 0 saturated carbocycles. The molecule has 1 aromatic rings. The molecule has 2 atom stereocenters. The van der Waals surface area contributed by atoms with E-state index >= 15 is 0 Å². The van der Waals surface area contributed by atoms with Crippen LogP contribution < -0.4 is 16.4 Å². The molecule has 1 aliphatic rings. The smallest absolute Gasteiger partial charge is 0.323 e. The number of nitrogens with zero attached hydrogens (tertiary/aromatic N) is 2. The van der Waals surface area contributed by atoms with Crippen LogP contribution in [0.3, 0.4) is 0 Å². The molecular formula is C13H19N5O6S2. The van der Waals surface area contributed by atoms with Crippen molar-refractivity contribution in [3.05, 3.63) is 11.6 Å². The second-order valence-electron chi connectivity index (χ2n) is 5.86. The first kappa shape index (κ1) is 20.1. The van der Waals surface area contributed by atoms with Crippen LogP contribution in [0.15, 0.2) is 11.6 Å². The monoisotopic (exact) mass is 405 g/mol. The number of amides is 4. The van der Waals surface area contributed by atoms with Crippen LogP contribution in [0.5, 0.6) is 0 Å². The molecule has 2 unspecified atom stereocenters. The molecule has 144 valence electrons. The maximum absolute atomic E-state index is 12.5. The third-order valence-electron chi connectivity index (χ3n) is 3.77. The average molecular weight is 405 g/mol. The lowest BCUT2D eigenvalue weighted by Crippen LogP contribution is -2.57. The molecule has 2 rings (SSSR count). The van der Waals surface area contributed by atoms with Gasteiger partial charge in [0.15, 0.2) is 5.13 Å². The number of carbonyl (C=O) groups is 3. The molecule has 1 saturated heterocycles. The number of hydrogen-bond donors (Lipinski definition) is 4. The fourth-order valence-corrected chi connectivity index (χ4v) is 3.70. The highest BCUT2D eigenvalue weighted by molar-refractivity contribution is 7.90. The Bertz CT molecular complexity index is 796. The van der Waals surface area contributed by atoms with Crippen LogP contribution in [-0.4, -0.2) is 71.6 Å². The van der Waals surface area contributed by atoms with E-state index in [1.165, 1.54) is 6.20 Å². The van der Waals surface area contributed by atoms with Crippen LogP contribution in [-0.2, 0) is 19.4 Å². The van der Waals surface area contributed by atoms with Crippen LogP contribution in [0.25, 0.3) is 0 Å². The van der Waals surface area contributed by atoms with E-state index in [2.05, 4.69) is 15.6 Å². The van der Waals surface area contributed by atoms with Gasteiger partial charge in [-0.25, -0.2) is 18.2 Å². The van der Waals surface area contributed by atoms with Gasteiger partial charge in [0.2, 0.25) is 11.6 Å². The van der Waals surface area contributed by atoms with E-state index in [0.29, 0.717) is 0 Å². The Hall–Kier alpha value is -2.25. The zero-order chi connectivity index (χ0) is 19.5. The first-order valence-corrected chi connectivity index (χ1v) is 10.4. The Balaban J connectivity index is 2.05. The van der Waals surface area contributed by atoms with E-state index in [1.54, 1.807) is 5.38 Å². The Labute approximate surface area is 153 Å². The summed E-state index contributed by atoms with van der Waals surface area (Å²) in [4.78, 5) is 40.9. The highest BCUT2D eigenvalue weighted by Gasteiger charge is 2.49. The molecule has 26 heavy (non-hydrogen) atoms. The summed E-state index contributed by atoms with van der Waals surface area (Å²) in [6.07, 6.45) is 2.09. The van der Waals surface area contributed by atoms with Gasteiger partial charge in [-0.1, -0.05) is 0 Å². The van der Waals surface area contributed by atoms with Crippen molar-refractivity contribution in [3.63, 3.8) is 0 Å². The Morgan fingerprint density at radius 2 is 2.23 bits per heavy atom. The number of nitrogens with two attached hydrogens (primary N) is 1. The normalized spacial score (nSPS) is 21.5. The summed E-state index contributed by atoms with van der Waals surface area (Å²) in [6.45, 7) is -0.0652. The number of anilines is 1. The fraction of sp³-hybridized carbons (Fsp3) is 0.538. The lowest BCUT2D eigenvalue weighted by atomic mass is 10.1. The zero-order valence-electron chi connectivity index (χ0n) is 13.8. The number of rotatable bonds is 7. The number of nitrogens with one attached hydrogen (secondary N) is 2. The number of urea groups is 1. The van der Waals surface area contributed by atoms with Gasteiger partial charge in [-0.2, -0.15) is 0 Å². The second kappa shape index (κ2) is 7.55. The molecule has 0 spiro atoms. The van der Waals surface area contributed by atoms with Crippen LogP contribution >= 0.6 is 11.3 Å². The predicted octanol–water partition coefficient (Wildman–Crippen LogP) is -1.53. The summed E-state index contributed by atoms with van der Waals surface area (Å²) in [5, 5.41) is 16.9. The van der Waals surface area contributed by atoms with Crippen molar-refractivity contribution in [2.24, 2.45) is 5.73 Å². The van der Waals surface area contributed by atoms with Crippen molar-refractivity contribution in [1.82, 2.24) is 15.2 Å². The third kappa shape index (κ3) is 4.89. The van der Waals surface area contributed by atoms with Gasteiger partial charge in [0.05, 0.1) is 5.75 Å². The molecule has 0 bridgehead atoms. The SMILES string of the molecule is CS(=O)(=O)CCC(C(N)=O)N1CCC(O)(NC(=O)Nc2nccs2)C1=O. The van der Waals surface area contributed by atoms with E-state index in [4.69, 9.17) is 5.73 Å². The van der Waals surface area contributed by atoms with Gasteiger partial charge in [-0.3, -0.25) is 14.9 Å². The lowest BCUT2D eigenvalue weighted by Gasteiger charge is -2.27. The van der Waals surface area contributed by atoms with Gasteiger partial charge in [-0.15, -0.1) is 11.3 Å². The fourth-order valence-electron chi connectivity index (χ4n) is 2.52. The average Bonchev–Trinajstić information content (AvgIpc) is 3.09. The Morgan fingerprint density at radius 1 is 1.54 bits per heavy atom. The van der Waals surface area contributed by atoms with E-state index in [0.717, 1.165) is 22.5 Å². The Morgan fingerprint density at radius 3 is 2.77 bits per heavy atom. The number of primary amides is 1. The third-order valence-corrected chi connectivity index (χ3v) is 5.43. The zero-order valence-corrected chi connectivity index (χ0v) is 15.5. The van der Waals surface area contributed by atoms with Gasteiger partial charge >= 0.3 is 6.03 Å². The second-order valence-corrected chi connectivity index (χ2v) is 9.02. The topological polar surface area (TPSA) is 172 Å². The summed E-state index contributed by atoms with van der Waals surface area (Å²) < 4.78 is 22.6. The molecule has 11 nitrogen and oxygen atoms in total. The highest BCUT2D eigenvalue weighted by atomic mass is 32.2. The standard InChI is InChI=1S/C13H19N5O6S2/c1-26(23,24)7-2-8(9(14)19)18-5-3-13(22,10(18)20)17-11(21)16-12-15-4-6-25-12/h4,6,8,22H,2-3,5,7H2,1H3,(H2,14,19)(H2,15,16,17,21). The molecule has 1 fully saturated rings. The number of hydrogen-bond acceptors (Lipinski definition) is 8. The molecule has 5 N–H and O–H groups in total. The number of sulfone groups is 1. The minimum absolute atomic E-state index is 0.0652. The molecule has 1 aliphatic heterocycles. The number of aromatic nitrogens is 1. The van der Waals surface area contributed by atoms with Gasteiger partial charge in [0.1, 0.15) is 15.9 Å². The number of likely N-dealkylation sites (tertiary alicyclic amines) is 1. The van der Waals surface area contributed by atoms with Crippen molar-refractivity contribution in [2.45, 2.75) is 24.6 Å². The molecule has 2 heterocycles. The molecule has 0 aromatic carbocycles. The number of thiazole rings is 1. The van der Waals surface area contributed by atoms with Gasteiger partial charge in [0.25, 0.3) is 5.91 Å². The van der Waals surface area contributed by atoms with E-state index in [9.17, 15) is 27.9 Å². The lowest BCUT2D eigenvalue weighted by molar-refractivity contribution is -0.149. The minimum Gasteiger partial charge on any atom is -0.368 e. The summed E-state index contributed by atoms with van der Waals surface area (Å²) in [7, 11) is -3.37. The largest absolute Gasteiger partial charge is 0.368 e. The molecule has 0 radical (unpaired) electrons.